The highest BCUT2D eigenvalue weighted by molar-refractivity contribution is 8.07. The number of azide groups is 1. The molecule has 0 spiro atoms. The number of ether oxygens (including phenoxy) is 2. The normalized spacial score (nSPS) is 30.1. The van der Waals surface area contributed by atoms with Crippen molar-refractivity contribution in [3.8, 4) is 0 Å². The Kier molecular flexibility index (Phi) is 8.67. The van der Waals surface area contributed by atoms with Crippen molar-refractivity contribution in [3.05, 3.63) is 76.1 Å². The highest BCUT2D eigenvalue weighted by atomic mass is 32.5. The molecule has 212 valence electrons. The lowest BCUT2D eigenvalue weighted by atomic mass is 10.1. The van der Waals surface area contributed by atoms with E-state index in [0.717, 1.165) is 21.4 Å². The molecule has 5 N–H and O–H groups in total. The fourth-order valence-corrected chi connectivity index (χ4v) is 5.23. The van der Waals surface area contributed by atoms with Gasteiger partial charge in [0, 0.05) is 35.4 Å². The maximum absolute atomic E-state index is 12.2. The summed E-state index contributed by atoms with van der Waals surface area (Å²) >= 11 is 4.99. The van der Waals surface area contributed by atoms with Crippen LogP contribution in [0.4, 0.5) is 0 Å². The average molecular weight is 589 g/mol. The zero-order valence-electron chi connectivity index (χ0n) is 20.1. The van der Waals surface area contributed by atoms with E-state index in [2.05, 4.69) is 15.0 Å². The van der Waals surface area contributed by atoms with E-state index in [1.807, 2.05) is 4.98 Å². The Labute approximate surface area is 222 Å². The van der Waals surface area contributed by atoms with Gasteiger partial charge >= 0.3 is 18.1 Å². The second-order valence-corrected chi connectivity index (χ2v) is 11.6. The summed E-state index contributed by atoms with van der Waals surface area (Å²) in [6, 6.07) is 0.212. The molecule has 2 aromatic heterocycles. The Morgan fingerprint density at radius 2 is 1.79 bits per heavy atom. The molecule has 2 aromatic rings. The van der Waals surface area contributed by atoms with E-state index in [-0.39, 0.29) is 12.0 Å². The number of aromatic amines is 2. The number of rotatable bonds is 9. The summed E-state index contributed by atoms with van der Waals surface area (Å²) in [6.07, 6.45) is -5.13. The molecule has 0 saturated carbocycles. The predicted molar refractivity (Wildman–Crippen MR) is 133 cm³/mol. The molecule has 39 heavy (non-hydrogen) atoms. The minimum Gasteiger partial charge on any atom is -0.387 e. The summed E-state index contributed by atoms with van der Waals surface area (Å²) in [5, 5.41) is 24.3. The van der Waals surface area contributed by atoms with Crippen LogP contribution in [-0.2, 0) is 30.3 Å². The number of aryl methyl sites for hydroxylation is 1. The Bertz CT molecular complexity index is 1550. The fourth-order valence-electron chi connectivity index (χ4n) is 4.12. The smallest absolute Gasteiger partial charge is 0.330 e. The molecule has 0 aromatic carbocycles. The first-order chi connectivity index (χ1) is 18.4. The van der Waals surface area contributed by atoms with Gasteiger partial charge in [-0.3, -0.25) is 28.7 Å². The fraction of sp³-hybridized carbons (Fsp3) is 0.579. The van der Waals surface area contributed by atoms with Crippen molar-refractivity contribution in [2.45, 2.75) is 56.3 Å². The number of aromatic nitrogens is 4. The minimum atomic E-state index is -4.00. The van der Waals surface area contributed by atoms with Crippen molar-refractivity contribution in [1.29, 1.82) is 0 Å². The van der Waals surface area contributed by atoms with Gasteiger partial charge in [-0.25, -0.2) is 9.59 Å². The van der Waals surface area contributed by atoms with Gasteiger partial charge in [0.1, 0.15) is 24.5 Å². The lowest BCUT2D eigenvalue weighted by Gasteiger charge is -2.22. The lowest BCUT2D eigenvalue weighted by molar-refractivity contribution is -0.0554. The number of nitrogens with zero attached hydrogens (tertiary/aromatic N) is 5. The zero-order chi connectivity index (χ0) is 28.5. The van der Waals surface area contributed by atoms with Crippen molar-refractivity contribution in [3.63, 3.8) is 0 Å². The Morgan fingerprint density at radius 3 is 2.46 bits per heavy atom. The summed E-state index contributed by atoms with van der Waals surface area (Å²) in [6.45, 7) is -3.45. The van der Waals surface area contributed by atoms with E-state index in [4.69, 9.17) is 35.9 Å². The van der Waals surface area contributed by atoms with E-state index in [1.165, 1.54) is 13.1 Å². The summed E-state index contributed by atoms with van der Waals surface area (Å²) in [5.74, 6) is 0. The van der Waals surface area contributed by atoms with Gasteiger partial charge in [-0.2, -0.15) is 0 Å². The summed E-state index contributed by atoms with van der Waals surface area (Å²) in [5.41, 5.74) is 6.34. The van der Waals surface area contributed by atoms with Crippen LogP contribution in [0.1, 0.15) is 24.4 Å². The van der Waals surface area contributed by atoms with Crippen LogP contribution in [0.15, 0.2) is 42.8 Å². The third-order valence-corrected chi connectivity index (χ3v) is 7.71. The quantitative estimate of drug-likeness (QED) is 0.0942. The largest absolute Gasteiger partial charge is 0.387 e. The molecule has 20 heteroatoms. The molecule has 0 aliphatic carbocycles. The number of hydrogen-bond donors (Lipinski definition) is 5. The molecule has 1 unspecified atom stereocenters. The predicted octanol–water partition coefficient (Wildman–Crippen LogP) is -1.77. The van der Waals surface area contributed by atoms with Crippen LogP contribution in [0.2, 0.25) is 0 Å². The lowest BCUT2D eigenvalue weighted by Crippen LogP contribution is -2.37. The second-order valence-electron chi connectivity index (χ2n) is 8.74. The molecule has 4 heterocycles. The Balaban J connectivity index is 1.37. The van der Waals surface area contributed by atoms with Gasteiger partial charge in [0.05, 0.1) is 25.4 Å². The van der Waals surface area contributed by atoms with Crippen LogP contribution in [0, 0.1) is 6.92 Å². The van der Waals surface area contributed by atoms with E-state index in [9.17, 15) is 34.3 Å². The molecule has 4 rings (SSSR count). The van der Waals surface area contributed by atoms with Crippen molar-refractivity contribution >= 4 is 18.5 Å². The average Bonchev–Trinajstić information content (AvgIpc) is 3.40. The molecule has 2 aliphatic heterocycles. The standard InChI is InChI=1S/C19H24N7O11PS/c1-8-5-26(19(32)22-16(8)30)13-4-9(23-24-20)10(36-13)6-34-38(33,39)35-7-11-14(28)15(29)17(37-11)25-3-2-12(27)21-18(25)31/h2-3,5,9-11,13-15,17,28-29H,4,6-7H2,1H3,(H,33,39)(H,21,27,31)(H,22,30,32)/t9-,10+,11+,13+,14+,15+,17+,38?/m0/s1. The van der Waals surface area contributed by atoms with Crippen molar-refractivity contribution < 1.29 is 33.6 Å². The third-order valence-electron chi connectivity index (χ3n) is 6.13. The van der Waals surface area contributed by atoms with Gasteiger partial charge in [-0.15, -0.1) is 0 Å². The maximum atomic E-state index is 12.2. The first-order valence-corrected chi connectivity index (χ1v) is 14.0. The van der Waals surface area contributed by atoms with Crippen LogP contribution in [-0.4, -0.2) is 77.9 Å². The number of aliphatic hydroxyl groups excluding tert-OH is 2. The summed E-state index contributed by atoms with van der Waals surface area (Å²) in [4.78, 5) is 64.5. The Morgan fingerprint density at radius 1 is 1.13 bits per heavy atom. The minimum absolute atomic E-state index is 0.0597. The first-order valence-electron chi connectivity index (χ1n) is 11.4. The van der Waals surface area contributed by atoms with E-state index in [1.54, 1.807) is 0 Å². The van der Waals surface area contributed by atoms with Crippen LogP contribution in [0.25, 0.3) is 10.4 Å². The van der Waals surface area contributed by atoms with Crippen LogP contribution < -0.4 is 22.5 Å². The molecular weight excluding hydrogens is 565 g/mol. The topological polar surface area (TPSA) is 256 Å². The molecule has 0 bridgehead atoms. The first kappa shape index (κ1) is 29.0. The van der Waals surface area contributed by atoms with Crippen molar-refractivity contribution in [2.75, 3.05) is 13.2 Å². The number of hydrogen-bond acceptors (Lipinski definition) is 12. The molecule has 2 saturated heterocycles. The van der Waals surface area contributed by atoms with Gasteiger partial charge in [0.25, 0.3) is 11.1 Å². The van der Waals surface area contributed by atoms with E-state index < -0.39 is 85.3 Å². The van der Waals surface area contributed by atoms with Crippen LogP contribution in [0.5, 0.6) is 0 Å². The number of nitrogens with one attached hydrogen (secondary N) is 2. The molecule has 8 atom stereocenters. The van der Waals surface area contributed by atoms with Gasteiger partial charge < -0.3 is 33.6 Å². The SMILES string of the molecule is Cc1cn([C@H]2C[C@H](N=[N+]=[N-])[C@@H](COP(O)(=S)OC[C@H]3O[C@@H](n4ccc(=O)[nH]c4=O)[C@H](O)[C@@H]3O)O2)c(=O)[nH]c1=O. The van der Waals surface area contributed by atoms with Crippen LogP contribution in [0.3, 0.4) is 0 Å². The molecular formula is C19H24N7O11PS. The van der Waals surface area contributed by atoms with E-state index >= 15 is 0 Å². The van der Waals surface area contributed by atoms with Crippen molar-refractivity contribution in [1.82, 2.24) is 19.1 Å². The van der Waals surface area contributed by atoms with Gasteiger partial charge in [0.2, 0.25) is 0 Å². The molecule has 0 radical (unpaired) electrons. The summed E-state index contributed by atoms with van der Waals surface area (Å²) in [7, 11) is 0. The monoisotopic (exact) mass is 589 g/mol. The number of H-pyrrole nitrogens is 2. The number of aliphatic hydroxyl groups is 2. The third kappa shape index (κ3) is 6.44. The molecule has 2 fully saturated rings. The maximum Gasteiger partial charge on any atom is 0.330 e. The van der Waals surface area contributed by atoms with Gasteiger partial charge in [0.15, 0.2) is 6.23 Å². The molecule has 0 amide bonds. The van der Waals surface area contributed by atoms with Crippen molar-refractivity contribution in [2.24, 2.45) is 5.11 Å². The van der Waals surface area contributed by atoms with Gasteiger partial charge in [-0.05, 0) is 24.3 Å². The highest BCUT2D eigenvalue weighted by Gasteiger charge is 2.45. The molecule has 2 aliphatic rings. The Hall–Kier alpha value is -2.96. The summed E-state index contributed by atoms with van der Waals surface area (Å²) < 4.78 is 23.8. The van der Waals surface area contributed by atoms with Gasteiger partial charge in [-0.1, -0.05) is 5.11 Å². The zero-order valence-corrected chi connectivity index (χ0v) is 21.8. The second kappa shape index (κ2) is 11.6. The van der Waals surface area contributed by atoms with Crippen LogP contribution >= 0.6 is 6.72 Å². The van der Waals surface area contributed by atoms with E-state index in [0.29, 0.717) is 0 Å². The highest BCUT2D eigenvalue weighted by Crippen LogP contribution is 2.46. The molecule has 18 nitrogen and oxygen atoms in total.